The van der Waals surface area contributed by atoms with E-state index in [2.05, 4.69) is 15.5 Å². The van der Waals surface area contributed by atoms with Crippen molar-refractivity contribution in [1.29, 1.82) is 0 Å². The molecule has 25 heavy (non-hydrogen) atoms. The zero-order valence-corrected chi connectivity index (χ0v) is 14.4. The van der Waals surface area contributed by atoms with Crippen LogP contribution in [0.5, 0.6) is 0 Å². The Bertz CT molecular complexity index is 1040. The van der Waals surface area contributed by atoms with E-state index in [0.29, 0.717) is 0 Å². The van der Waals surface area contributed by atoms with Gasteiger partial charge < -0.3 is 4.42 Å². The van der Waals surface area contributed by atoms with Gasteiger partial charge in [0.25, 0.3) is 5.91 Å². The fourth-order valence-electron chi connectivity index (χ4n) is 2.21. The van der Waals surface area contributed by atoms with Gasteiger partial charge in [-0.1, -0.05) is 28.9 Å². The van der Waals surface area contributed by atoms with Gasteiger partial charge >= 0.3 is 6.01 Å². The SMILES string of the molecule is Cc1cccc(-c2nnc(NC(=O)c3cccc(S(C)(=O)=O)c3)o2)c1. The topological polar surface area (TPSA) is 102 Å². The highest BCUT2D eigenvalue weighted by atomic mass is 32.2. The average molecular weight is 357 g/mol. The van der Waals surface area contributed by atoms with E-state index in [1.807, 2.05) is 31.2 Å². The summed E-state index contributed by atoms with van der Waals surface area (Å²) in [4.78, 5) is 12.3. The number of nitrogens with one attached hydrogen (secondary N) is 1. The number of carbonyl (C=O) groups excluding carboxylic acids is 1. The zero-order valence-electron chi connectivity index (χ0n) is 13.6. The minimum Gasteiger partial charge on any atom is -0.403 e. The smallest absolute Gasteiger partial charge is 0.322 e. The first kappa shape index (κ1) is 16.8. The Labute approximate surface area is 144 Å². The maximum atomic E-state index is 12.3. The Hall–Kier alpha value is -3.00. The first-order chi connectivity index (χ1) is 11.8. The Morgan fingerprint density at radius 3 is 2.56 bits per heavy atom. The molecule has 8 heteroatoms. The Morgan fingerprint density at radius 2 is 1.84 bits per heavy atom. The van der Waals surface area contributed by atoms with Gasteiger partial charge in [0, 0.05) is 17.4 Å². The Morgan fingerprint density at radius 1 is 1.08 bits per heavy atom. The van der Waals surface area contributed by atoms with Crippen molar-refractivity contribution in [3.8, 4) is 11.5 Å². The molecule has 0 radical (unpaired) electrons. The number of carbonyl (C=O) groups is 1. The molecule has 1 aromatic heterocycles. The summed E-state index contributed by atoms with van der Waals surface area (Å²) in [5.74, 6) is -0.256. The summed E-state index contributed by atoms with van der Waals surface area (Å²) in [5, 5.41) is 10.2. The third kappa shape index (κ3) is 3.92. The van der Waals surface area contributed by atoms with Gasteiger partial charge in [-0.2, -0.15) is 0 Å². The van der Waals surface area contributed by atoms with Crippen molar-refractivity contribution in [2.45, 2.75) is 11.8 Å². The second-order valence-corrected chi connectivity index (χ2v) is 7.55. The van der Waals surface area contributed by atoms with Crippen molar-refractivity contribution >= 4 is 21.8 Å². The molecule has 2 aromatic carbocycles. The van der Waals surface area contributed by atoms with Crippen LogP contribution >= 0.6 is 0 Å². The molecule has 1 heterocycles. The van der Waals surface area contributed by atoms with Crippen LogP contribution in [0.2, 0.25) is 0 Å². The number of rotatable bonds is 4. The predicted molar refractivity (Wildman–Crippen MR) is 92.0 cm³/mol. The first-order valence-electron chi connectivity index (χ1n) is 7.35. The van der Waals surface area contributed by atoms with Crippen molar-refractivity contribution in [2.24, 2.45) is 0 Å². The number of sulfone groups is 1. The maximum absolute atomic E-state index is 12.3. The molecule has 0 spiro atoms. The van der Waals surface area contributed by atoms with E-state index in [-0.39, 0.29) is 22.4 Å². The molecule has 0 fully saturated rings. The monoisotopic (exact) mass is 357 g/mol. The highest BCUT2D eigenvalue weighted by Crippen LogP contribution is 2.21. The number of hydrogen-bond donors (Lipinski definition) is 1. The molecule has 1 amide bonds. The average Bonchev–Trinajstić information content (AvgIpc) is 3.03. The summed E-state index contributed by atoms with van der Waals surface area (Å²) < 4.78 is 28.6. The Balaban J connectivity index is 1.81. The molecule has 7 nitrogen and oxygen atoms in total. The molecule has 1 N–H and O–H groups in total. The van der Waals surface area contributed by atoms with E-state index >= 15 is 0 Å². The number of hydrogen-bond acceptors (Lipinski definition) is 6. The quantitative estimate of drug-likeness (QED) is 0.770. The second kappa shape index (κ2) is 6.48. The van der Waals surface area contributed by atoms with E-state index < -0.39 is 15.7 Å². The molecule has 0 aliphatic rings. The minimum atomic E-state index is -3.40. The summed E-state index contributed by atoms with van der Waals surface area (Å²) in [7, 11) is -3.40. The lowest BCUT2D eigenvalue weighted by molar-refractivity contribution is 0.102. The normalized spacial score (nSPS) is 11.3. The molecule has 0 unspecified atom stereocenters. The van der Waals surface area contributed by atoms with Crippen LogP contribution < -0.4 is 5.32 Å². The fourth-order valence-corrected chi connectivity index (χ4v) is 2.87. The van der Waals surface area contributed by atoms with Gasteiger partial charge in [-0.25, -0.2) is 8.42 Å². The van der Waals surface area contributed by atoms with Gasteiger partial charge in [-0.3, -0.25) is 10.1 Å². The molecule has 0 bridgehead atoms. The number of benzene rings is 2. The van der Waals surface area contributed by atoms with Crippen molar-refractivity contribution in [3.63, 3.8) is 0 Å². The van der Waals surface area contributed by atoms with E-state index in [1.165, 1.54) is 24.3 Å². The lowest BCUT2D eigenvalue weighted by atomic mass is 10.1. The number of amides is 1. The van der Waals surface area contributed by atoms with Crippen LogP contribution in [0.15, 0.2) is 57.8 Å². The summed E-state index contributed by atoms with van der Waals surface area (Å²) in [6.07, 6.45) is 1.08. The van der Waals surface area contributed by atoms with Crippen LogP contribution in [-0.2, 0) is 9.84 Å². The summed E-state index contributed by atoms with van der Waals surface area (Å²) in [6, 6.07) is 13.2. The number of nitrogens with zero attached hydrogens (tertiary/aromatic N) is 2. The maximum Gasteiger partial charge on any atom is 0.322 e. The van der Waals surface area contributed by atoms with E-state index in [1.54, 1.807) is 0 Å². The summed E-state index contributed by atoms with van der Waals surface area (Å²) in [6.45, 7) is 1.94. The zero-order chi connectivity index (χ0) is 18.0. The van der Waals surface area contributed by atoms with Crippen molar-refractivity contribution in [2.75, 3.05) is 11.6 Å². The van der Waals surface area contributed by atoms with E-state index in [0.717, 1.165) is 17.4 Å². The van der Waals surface area contributed by atoms with Crippen LogP contribution in [-0.4, -0.2) is 30.8 Å². The van der Waals surface area contributed by atoms with Gasteiger partial charge in [-0.15, -0.1) is 5.10 Å². The largest absolute Gasteiger partial charge is 0.403 e. The second-order valence-electron chi connectivity index (χ2n) is 5.54. The lowest BCUT2D eigenvalue weighted by Crippen LogP contribution is -2.13. The first-order valence-corrected chi connectivity index (χ1v) is 9.24. The number of aryl methyl sites for hydroxylation is 1. The van der Waals surface area contributed by atoms with Crippen LogP contribution in [0.1, 0.15) is 15.9 Å². The van der Waals surface area contributed by atoms with Gasteiger partial charge in [0.2, 0.25) is 5.89 Å². The van der Waals surface area contributed by atoms with Crippen LogP contribution in [0.25, 0.3) is 11.5 Å². The molecular formula is C17H15N3O4S. The summed E-state index contributed by atoms with van der Waals surface area (Å²) in [5.41, 5.74) is 1.96. The molecule has 0 aliphatic carbocycles. The van der Waals surface area contributed by atoms with Crippen molar-refractivity contribution < 1.29 is 17.6 Å². The van der Waals surface area contributed by atoms with E-state index in [4.69, 9.17) is 4.42 Å². The van der Waals surface area contributed by atoms with Crippen molar-refractivity contribution in [3.05, 3.63) is 59.7 Å². The van der Waals surface area contributed by atoms with Crippen LogP contribution in [0, 0.1) is 6.92 Å². The predicted octanol–water partition coefficient (Wildman–Crippen LogP) is 2.70. The molecule has 0 saturated heterocycles. The standard InChI is InChI=1S/C17H15N3O4S/c1-11-5-3-7-13(9-11)16-19-20-17(24-16)18-15(21)12-6-4-8-14(10-12)25(2,22)23/h3-10H,1-2H3,(H,18,20,21). The van der Waals surface area contributed by atoms with Crippen molar-refractivity contribution in [1.82, 2.24) is 10.2 Å². The van der Waals surface area contributed by atoms with Crippen LogP contribution in [0.4, 0.5) is 6.01 Å². The van der Waals surface area contributed by atoms with Gasteiger partial charge in [-0.05, 0) is 37.3 Å². The molecular weight excluding hydrogens is 342 g/mol. The third-order valence-corrected chi connectivity index (χ3v) is 4.55. The highest BCUT2D eigenvalue weighted by molar-refractivity contribution is 7.90. The molecule has 3 rings (SSSR count). The van der Waals surface area contributed by atoms with Gasteiger partial charge in [0.05, 0.1) is 4.90 Å². The lowest BCUT2D eigenvalue weighted by Gasteiger charge is -2.03. The molecule has 0 saturated carbocycles. The summed E-state index contributed by atoms with van der Waals surface area (Å²) >= 11 is 0. The van der Waals surface area contributed by atoms with Gasteiger partial charge in [0.15, 0.2) is 9.84 Å². The van der Waals surface area contributed by atoms with Gasteiger partial charge in [0.1, 0.15) is 0 Å². The molecule has 0 aliphatic heterocycles. The minimum absolute atomic E-state index is 0.0612. The number of aromatic nitrogens is 2. The molecule has 3 aromatic rings. The van der Waals surface area contributed by atoms with Crippen LogP contribution in [0.3, 0.4) is 0 Å². The Kier molecular flexibility index (Phi) is 4.37. The third-order valence-electron chi connectivity index (χ3n) is 3.43. The molecule has 128 valence electrons. The number of anilines is 1. The highest BCUT2D eigenvalue weighted by Gasteiger charge is 2.15. The fraction of sp³-hybridized carbons (Fsp3) is 0.118. The van der Waals surface area contributed by atoms with E-state index in [9.17, 15) is 13.2 Å². The molecule has 0 atom stereocenters.